The van der Waals surface area contributed by atoms with Crippen molar-refractivity contribution in [1.82, 2.24) is 9.97 Å². The maximum absolute atomic E-state index is 5.99. The van der Waals surface area contributed by atoms with Gasteiger partial charge in [0, 0.05) is 21.8 Å². The average Bonchev–Trinajstić information content (AvgIpc) is 2.37. The maximum atomic E-state index is 5.99. The molecule has 3 N–H and O–H groups in total. The molecule has 1 heterocycles. The van der Waals surface area contributed by atoms with Gasteiger partial charge in [0.1, 0.15) is 5.82 Å². The van der Waals surface area contributed by atoms with Crippen LogP contribution in [0.5, 0.6) is 0 Å². The normalized spacial score (nSPS) is 10.9. The number of benzene rings is 1. The lowest BCUT2D eigenvalue weighted by molar-refractivity contribution is 0.831. The Bertz CT molecular complexity index is 638. The van der Waals surface area contributed by atoms with E-state index >= 15 is 0 Å². The van der Waals surface area contributed by atoms with Gasteiger partial charge in [0.25, 0.3) is 0 Å². The van der Waals surface area contributed by atoms with Gasteiger partial charge in [-0.3, -0.25) is 0 Å². The molecule has 0 unspecified atom stereocenters. The molecule has 0 bridgehead atoms. The first-order valence-corrected chi connectivity index (χ1v) is 6.93. The average molecular weight is 291 g/mol. The minimum atomic E-state index is 0.307. The highest BCUT2D eigenvalue weighted by Gasteiger charge is 2.15. The number of hydrogen-bond donors (Lipinski definition) is 2. The molecule has 0 aliphatic carbocycles. The summed E-state index contributed by atoms with van der Waals surface area (Å²) in [5.74, 6) is 7.25. The first kappa shape index (κ1) is 14.8. The molecule has 0 amide bonds. The number of aromatic nitrogens is 2. The van der Waals surface area contributed by atoms with E-state index in [2.05, 4.69) is 29.2 Å². The van der Waals surface area contributed by atoms with Gasteiger partial charge in [-0.2, -0.15) is 0 Å². The van der Waals surface area contributed by atoms with E-state index in [4.69, 9.17) is 17.4 Å². The maximum Gasteiger partial charge on any atom is 0.162 e. The molecule has 0 aliphatic heterocycles. The fourth-order valence-electron chi connectivity index (χ4n) is 2.38. The Balaban J connectivity index is 2.61. The number of aryl methyl sites for hydroxylation is 2. The van der Waals surface area contributed by atoms with Crippen LogP contribution in [0.25, 0.3) is 11.4 Å². The second-order valence-electron chi connectivity index (χ2n) is 5.15. The van der Waals surface area contributed by atoms with E-state index in [0.29, 0.717) is 22.6 Å². The van der Waals surface area contributed by atoms with Gasteiger partial charge in [0.15, 0.2) is 5.82 Å². The smallest absolute Gasteiger partial charge is 0.162 e. The molecule has 0 saturated carbocycles. The summed E-state index contributed by atoms with van der Waals surface area (Å²) in [5, 5.41) is 0.707. The van der Waals surface area contributed by atoms with Crippen LogP contribution in [0, 0.1) is 13.8 Å². The zero-order valence-corrected chi connectivity index (χ0v) is 12.9. The molecule has 1 aromatic carbocycles. The van der Waals surface area contributed by atoms with Crippen LogP contribution in [0.3, 0.4) is 0 Å². The van der Waals surface area contributed by atoms with Crippen molar-refractivity contribution < 1.29 is 0 Å². The topological polar surface area (TPSA) is 63.8 Å². The Morgan fingerprint density at radius 2 is 1.90 bits per heavy atom. The summed E-state index contributed by atoms with van der Waals surface area (Å²) in [6.45, 7) is 8.16. The predicted molar refractivity (Wildman–Crippen MR) is 83.9 cm³/mol. The molecule has 5 heteroatoms. The van der Waals surface area contributed by atoms with Crippen LogP contribution in [0.4, 0.5) is 5.82 Å². The molecule has 106 valence electrons. The number of hydrazine groups is 1. The summed E-state index contributed by atoms with van der Waals surface area (Å²) in [6.07, 6.45) is 0. The zero-order valence-electron chi connectivity index (χ0n) is 12.2. The number of halogens is 1. The van der Waals surface area contributed by atoms with Crippen molar-refractivity contribution >= 4 is 17.4 Å². The largest absolute Gasteiger partial charge is 0.308 e. The van der Waals surface area contributed by atoms with E-state index in [1.54, 1.807) is 0 Å². The number of nitrogens with two attached hydrogens (primary N) is 1. The number of anilines is 1. The number of nitrogen functional groups attached to an aromatic ring is 1. The summed E-state index contributed by atoms with van der Waals surface area (Å²) >= 11 is 5.99. The predicted octanol–water partition coefficient (Wildman–Crippen LogP) is 3.82. The van der Waals surface area contributed by atoms with Crippen molar-refractivity contribution in [2.24, 2.45) is 5.84 Å². The van der Waals surface area contributed by atoms with Crippen LogP contribution in [-0.4, -0.2) is 9.97 Å². The van der Waals surface area contributed by atoms with Crippen LogP contribution in [-0.2, 0) is 0 Å². The molecule has 0 radical (unpaired) electrons. The van der Waals surface area contributed by atoms with Gasteiger partial charge in [-0.25, -0.2) is 15.8 Å². The lowest BCUT2D eigenvalue weighted by Crippen LogP contribution is -2.14. The minimum Gasteiger partial charge on any atom is -0.308 e. The van der Waals surface area contributed by atoms with E-state index in [1.165, 1.54) is 0 Å². The molecule has 4 nitrogen and oxygen atoms in total. The molecular formula is C15H19ClN4. The van der Waals surface area contributed by atoms with Crippen molar-refractivity contribution in [1.29, 1.82) is 0 Å². The highest BCUT2D eigenvalue weighted by molar-refractivity contribution is 6.30. The van der Waals surface area contributed by atoms with Crippen LogP contribution in [0.15, 0.2) is 18.2 Å². The Labute approximate surface area is 124 Å². The fraction of sp³-hybridized carbons (Fsp3) is 0.333. The van der Waals surface area contributed by atoms with Crippen molar-refractivity contribution in [3.05, 3.63) is 40.0 Å². The Hall–Kier alpha value is -1.65. The molecule has 20 heavy (non-hydrogen) atoms. The van der Waals surface area contributed by atoms with Crippen LogP contribution >= 0.6 is 11.6 Å². The highest BCUT2D eigenvalue weighted by atomic mass is 35.5. The number of rotatable bonds is 3. The first-order valence-electron chi connectivity index (χ1n) is 6.55. The van der Waals surface area contributed by atoms with Crippen LogP contribution in [0.2, 0.25) is 5.02 Å². The molecule has 0 aliphatic rings. The SMILES string of the molecule is Cc1cc(Cl)ccc1-c1nc(C)c(C(C)C)c(NN)n1. The second-order valence-corrected chi connectivity index (χ2v) is 5.59. The van der Waals surface area contributed by atoms with E-state index in [1.807, 2.05) is 32.0 Å². The van der Waals surface area contributed by atoms with E-state index in [0.717, 1.165) is 22.4 Å². The summed E-state index contributed by atoms with van der Waals surface area (Å²) in [5.41, 5.74) is 6.66. The quantitative estimate of drug-likeness (QED) is 0.666. The zero-order chi connectivity index (χ0) is 14.9. The van der Waals surface area contributed by atoms with E-state index in [9.17, 15) is 0 Å². The summed E-state index contributed by atoms with van der Waals surface area (Å²) < 4.78 is 0. The second kappa shape index (κ2) is 5.77. The first-order chi connectivity index (χ1) is 9.43. The molecule has 2 rings (SSSR count). The van der Waals surface area contributed by atoms with E-state index in [-0.39, 0.29) is 0 Å². The minimum absolute atomic E-state index is 0.307. The third kappa shape index (κ3) is 2.76. The molecule has 0 saturated heterocycles. The standard InChI is InChI=1S/C15H19ClN4/c1-8(2)13-10(4)18-14(19-15(13)20-17)12-6-5-11(16)7-9(12)3/h5-8H,17H2,1-4H3,(H,18,19,20). The van der Waals surface area contributed by atoms with Crippen molar-refractivity contribution in [3.63, 3.8) is 0 Å². The molecule has 0 fully saturated rings. The van der Waals surface area contributed by atoms with Crippen molar-refractivity contribution in [2.75, 3.05) is 5.43 Å². The van der Waals surface area contributed by atoms with Gasteiger partial charge in [-0.15, -0.1) is 0 Å². The third-order valence-corrected chi connectivity index (χ3v) is 3.51. The van der Waals surface area contributed by atoms with E-state index < -0.39 is 0 Å². The van der Waals surface area contributed by atoms with Crippen molar-refractivity contribution in [3.8, 4) is 11.4 Å². The van der Waals surface area contributed by atoms with Gasteiger partial charge >= 0.3 is 0 Å². The van der Waals surface area contributed by atoms with Gasteiger partial charge < -0.3 is 5.43 Å². The van der Waals surface area contributed by atoms with Gasteiger partial charge in [-0.05, 0) is 43.5 Å². The molecule has 1 aromatic heterocycles. The van der Waals surface area contributed by atoms with Crippen LogP contribution in [0.1, 0.15) is 36.6 Å². The Morgan fingerprint density at radius 1 is 1.20 bits per heavy atom. The molecule has 2 aromatic rings. The number of nitrogens with zero attached hydrogens (tertiary/aromatic N) is 2. The van der Waals surface area contributed by atoms with Crippen LogP contribution < -0.4 is 11.3 Å². The fourth-order valence-corrected chi connectivity index (χ4v) is 2.61. The van der Waals surface area contributed by atoms with Gasteiger partial charge in [-0.1, -0.05) is 25.4 Å². The molecular weight excluding hydrogens is 272 g/mol. The molecule has 0 atom stereocenters. The Kier molecular flexibility index (Phi) is 4.26. The summed E-state index contributed by atoms with van der Waals surface area (Å²) in [6, 6.07) is 5.68. The number of nitrogens with one attached hydrogen (secondary N) is 1. The lowest BCUT2D eigenvalue weighted by atomic mass is 10.0. The van der Waals surface area contributed by atoms with Crippen molar-refractivity contribution in [2.45, 2.75) is 33.6 Å². The third-order valence-electron chi connectivity index (χ3n) is 3.28. The van der Waals surface area contributed by atoms with Gasteiger partial charge in [0.05, 0.1) is 0 Å². The highest BCUT2D eigenvalue weighted by Crippen LogP contribution is 2.29. The molecule has 0 spiro atoms. The monoisotopic (exact) mass is 290 g/mol. The lowest BCUT2D eigenvalue weighted by Gasteiger charge is -2.16. The number of hydrogen-bond acceptors (Lipinski definition) is 4. The van der Waals surface area contributed by atoms with Gasteiger partial charge in [0.2, 0.25) is 0 Å². The summed E-state index contributed by atoms with van der Waals surface area (Å²) in [7, 11) is 0. The Morgan fingerprint density at radius 3 is 2.45 bits per heavy atom. The summed E-state index contributed by atoms with van der Waals surface area (Å²) in [4.78, 5) is 9.16.